The van der Waals surface area contributed by atoms with Crippen LogP contribution in [0.2, 0.25) is 0 Å². The molecule has 2 atom stereocenters. The fourth-order valence-electron chi connectivity index (χ4n) is 3.24. The van der Waals surface area contributed by atoms with Gasteiger partial charge in [0.15, 0.2) is 0 Å². The molecule has 1 saturated heterocycles. The van der Waals surface area contributed by atoms with E-state index < -0.39 is 0 Å². The zero-order valence-corrected chi connectivity index (χ0v) is 15.7. The van der Waals surface area contributed by atoms with E-state index >= 15 is 0 Å². The molecule has 0 spiro atoms. The van der Waals surface area contributed by atoms with Gasteiger partial charge in [0.2, 0.25) is 5.91 Å². The number of nitrogens with one attached hydrogen (secondary N) is 1. The molecule has 8 nitrogen and oxygen atoms in total. The van der Waals surface area contributed by atoms with E-state index in [1.165, 1.54) is 6.33 Å². The Bertz CT molecular complexity index is 760. The summed E-state index contributed by atoms with van der Waals surface area (Å²) in [6.07, 6.45) is 4.36. The van der Waals surface area contributed by atoms with E-state index in [0.29, 0.717) is 19.7 Å². The fourth-order valence-corrected chi connectivity index (χ4v) is 3.24. The van der Waals surface area contributed by atoms with Crippen LogP contribution in [-0.2, 0) is 9.53 Å². The van der Waals surface area contributed by atoms with E-state index in [9.17, 15) is 9.59 Å². The Kier molecular flexibility index (Phi) is 6.05. The quantitative estimate of drug-likeness (QED) is 0.871. The predicted octanol–water partition coefficient (Wildman–Crippen LogP) is 2.31. The smallest absolute Gasteiger partial charge is 0.409 e. The summed E-state index contributed by atoms with van der Waals surface area (Å²) >= 11 is 0. The van der Waals surface area contributed by atoms with Crippen LogP contribution in [0.4, 0.5) is 4.79 Å². The number of aromatic nitrogens is 3. The number of rotatable bonds is 5. The first kappa shape index (κ1) is 18.9. The van der Waals surface area contributed by atoms with Gasteiger partial charge in [-0.2, -0.15) is 5.10 Å². The minimum absolute atomic E-state index is 0.0307. The zero-order chi connectivity index (χ0) is 19.2. The Morgan fingerprint density at radius 2 is 2.11 bits per heavy atom. The second-order valence-electron chi connectivity index (χ2n) is 6.65. The van der Waals surface area contributed by atoms with E-state index in [1.54, 1.807) is 22.8 Å². The van der Waals surface area contributed by atoms with Gasteiger partial charge in [-0.15, -0.1) is 0 Å². The Morgan fingerprint density at radius 3 is 2.78 bits per heavy atom. The number of carbonyl (C=O) groups is 2. The Balaban J connectivity index is 1.57. The largest absolute Gasteiger partial charge is 0.450 e. The van der Waals surface area contributed by atoms with Gasteiger partial charge in [-0.05, 0) is 44.4 Å². The van der Waals surface area contributed by atoms with Gasteiger partial charge in [0, 0.05) is 13.1 Å². The van der Waals surface area contributed by atoms with E-state index in [4.69, 9.17) is 4.74 Å². The maximum absolute atomic E-state index is 12.6. The lowest BCUT2D eigenvalue weighted by molar-refractivity contribution is -0.127. The van der Waals surface area contributed by atoms with Crippen molar-refractivity contribution in [3.05, 3.63) is 42.5 Å². The van der Waals surface area contributed by atoms with Crippen LogP contribution >= 0.6 is 0 Å². The molecule has 144 valence electrons. The number of nitrogens with zero attached hydrogens (tertiary/aromatic N) is 4. The first-order valence-electron chi connectivity index (χ1n) is 9.25. The summed E-state index contributed by atoms with van der Waals surface area (Å²) in [6.45, 7) is 5.12. The van der Waals surface area contributed by atoms with Crippen LogP contribution in [0, 0.1) is 5.92 Å². The molecule has 1 aliphatic rings. The molecule has 3 rings (SSSR count). The molecule has 0 aliphatic carbocycles. The van der Waals surface area contributed by atoms with Crippen LogP contribution in [0.15, 0.2) is 36.9 Å². The van der Waals surface area contributed by atoms with Gasteiger partial charge in [0.1, 0.15) is 12.7 Å². The minimum atomic E-state index is -0.341. The van der Waals surface area contributed by atoms with Gasteiger partial charge in [0.25, 0.3) is 0 Å². The summed E-state index contributed by atoms with van der Waals surface area (Å²) in [5.74, 6) is -0.239. The molecular weight excluding hydrogens is 346 g/mol. The molecule has 0 radical (unpaired) electrons. The molecule has 0 saturated carbocycles. The van der Waals surface area contributed by atoms with Crippen molar-refractivity contribution < 1.29 is 14.3 Å². The van der Waals surface area contributed by atoms with Crippen molar-refractivity contribution in [1.82, 2.24) is 25.0 Å². The van der Waals surface area contributed by atoms with Crippen molar-refractivity contribution in [3.8, 4) is 5.69 Å². The lowest BCUT2D eigenvalue weighted by Crippen LogP contribution is -2.46. The number of piperidine rings is 1. The average molecular weight is 371 g/mol. The molecule has 27 heavy (non-hydrogen) atoms. The SMILES string of the molecule is CCOC(=O)N1CCCC(C(=O)NC(C)c2ccc(-n3cncn3)cc2)C1. The van der Waals surface area contributed by atoms with Gasteiger partial charge in [-0.25, -0.2) is 14.5 Å². The van der Waals surface area contributed by atoms with Crippen molar-refractivity contribution in [1.29, 1.82) is 0 Å². The van der Waals surface area contributed by atoms with E-state index in [0.717, 1.165) is 24.1 Å². The summed E-state index contributed by atoms with van der Waals surface area (Å²) in [5.41, 5.74) is 1.91. The standard InChI is InChI=1S/C19H25N5O3/c1-3-27-19(26)23-10-4-5-16(11-23)18(25)22-14(2)15-6-8-17(9-7-15)24-13-20-12-21-24/h6-9,12-14,16H,3-5,10-11H2,1-2H3,(H,22,25). The van der Waals surface area contributed by atoms with Gasteiger partial charge in [-0.3, -0.25) is 4.79 Å². The maximum Gasteiger partial charge on any atom is 0.409 e. The number of benzene rings is 1. The summed E-state index contributed by atoms with van der Waals surface area (Å²) in [7, 11) is 0. The van der Waals surface area contributed by atoms with Gasteiger partial charge in [-0.1, -0.05) is 12.1 Å². The molecule has 1 aliphatic heterocycles. The summed E-state index contributed by atoms with van der Waals surface area (Å²) in [5, 5.41) is 7.16. The van der Waals surface area contributed by atoms with E-state index in [2.05, 4.69) is 15.4 Å². The van der Waals surface area contributed by atoms with Crippen LogP contribution in [0.5, 0.6) is 0 Å². The van der Waals surface area contributed by atoms with Crippen molar-refractivity contribution in [3.63, 3.8) is 0 Å². The second-order valence-corrected chi connectivity index (χ2v) is 6.65. The minimum Gasteiger partial charge on any atom is -0.450 e. The molecule has 0 bridgehead atoms. The fraction of sp³-hybridized carbons (Fsp3) is 0.474. The Labute approximate surface area is 158 Å². The summed E-state index contributed by atoms with van der Waals surface area (Å²) in [6, 6.07) is 7.69. The zero-order valence-electron chi connectivity index (χ0n) is 15.7. The maximum atomic E-state index is 12.6. The molecule has 1 aromatic heterocycles. The average Bonchev–Trinajstić information content (AvgIpc) is 3.23. The highest BCUT2D eigenvalue weighted by atomic mass is 16.6. The number of likely N-dealkylation sites (tertiary alicyclic amines) is 1. The molecule has 2 amide bonds. The number of carbonyl (C=O) groups excluding carboxylic acids is 2. The second kappa shape index (κ2) is 8.66. The molecule has 1 N–H and O–H groups in total. The van der Waals surface area contributed by atoms with Crippen LogP contribution < -0.4 is 5.32 Å². The predicted molar refractivity (Wildman–Crippen MR) is 99.2 cm³/mol. The third kappa shape index (κ3) is 4.64. The first-order chi connectivity index (χ1) is 13.1. The molecule has 2 aromatic rings. The monoisotopic (exact) mass is 371 g/mol. The van der Waals surface area contributed by atoms with Crippen LogP contribution in [-0.4, -0.2) is 51.4 Å². The number of hydrogen-bond acceptors (Lipinski definition) is 5. The van der Waals surface area contributed by atoms with Gasteiger partial charge >= 0.3 is 6.09 Å². The van der Waals surface area contributed by atoms with Gasteiger partial charge in [0.05, 0.1) is 24.3 Å². The molecule has 2 unspecified atom stereocenters. The molecule has 1 aromatic carbocycles. The highest BCUT2D eigenvalue weighted by Gasteiger charge is 2.29. The van der Waals surface area contributed by atoms with Crippen LogP contribution in [0.25, 0.3) is 5.69 Å². The number of hydrogen-bond donors (Lipinski definition) is 1. The number of ether oxygens (including phenoxy) is 1. The third-order valence-electron chi connectivity index (χ3n) is 4.75. The summed E-state index contributed by atoms with van der Waals surface area (Å²) < 4.78 is 6.72. The van der Waals surface area contributed by atoms with E-state index in [-0.39, 0.29) is 24.0 Å². The van der Waals surface area contributed by atoms with Crippen LogP contribution in [0.3, 0.4) is 0 Å². The normalized spacial score (nSPS) is 18.0. The summed E-state index contributed by atoms with van der Waals surface area (Å²) in [4.78, 5) is 30.1. The number of amides is 2. The third-order valence-corrected chi connectivity index (χ3v) is 4.75. The Hall–Kier alpha value is -2.90. The van der Waals surface area contributed by atoms with E-state index in [1.807, 2.05) is 31.2 Å². The molecule has 8 heteroatoms. The molecular formula is C19H25N5O3. The van der Waals surface area contributed by atoms with Crippen molar-refractivity contribution in [2.24, 2.45) is 5.92 Å². The van der Waals surface area contributed by atoms with Gasteiger partial charge < -0.3 is 15.0 Å². The lowest BCUT2D eigenvalue weighted by Gasteiger charge is -2.31. The van der Waals surface area contributed by atoms with Crippen LogP contribution in [0.1, 0.15) is 38.3 Å². The molecule has 1 fully saturated rings. The van der Waals surface area contributed by atoms with Crippen molar-refractivity contribution >= 4 is 12.0 Å². The lowest BCUT2D eigenvalue weighted by atomic mass is 9.96. The van der Waals surface area contributed by atoms with Crippen molar-refractivity contribution in [2.45, 2.75) is 32.7 Å². The topological polar surface area (TPSA) is 89.4 Å². The Morgan fingerprint density at radius 1 is 1.33 bits per heavy atom. The molecule has 2 heterocycles. The highest BCUT2D eigenvalue weighted by Crippen LogP contribution is 2.20. The van der Waals surface area contributed by atoms with Crippen molar-refractivity contribution in [2.75, 3.05) is 19.7 Å². The first-order valence-corrected chi connectivity index (χ1v) is 9.25. The highest BCUT2D eigenvalue weighted by molar-refractivity contribution is 5.80.